The number of ether oxygens (including phenoxy) is 1. The molecule has 3 rings (SSSR count). The highest BCUT2D eigenvalue weighted by Gasteiger charge is 2.31. The summed E-state index contributed by atoms with van der Waals surface area (Å²) in [4.78, 5) is 26.0. The van der Waals surface area contributed by atoms with Crippen LogP contribution in [0.4, 0.5) is 10.1 Å². The van der Waals surface area contributed by atoms with E-state index in [1.807, 2.05) is 0 Å². The lowest BCUT2D eigenvalue weighted by Crippen LogP contribution is -2.31. The first-order valence-corrected chi connectivity index (χ1v) is 7.66. The molecule has 1 aliphatic heterocycles. The number of amides is 1. The van der Waals surface area contributed by atoms with E-state index in [0.717, 1.165) is 0 Å². The lowest BCUT2D eigenvalue weighted by Gasteiger charge is -2.23. The molecule has 1 heterocycles. The second-order valence-corrected chi connectivity index (χ2v) is 5.58. The summed E-state index contributed by atoms with van der Waals surface area (Å²) in [7, 11) is 1.18. The molecule has 2 aromatic rings. The number of aliphatic hydroxyl groups excluding tert-OH is 1. The molecule has 128 valence electrons. The van der Waals surface area contributed by atoms with Crippen molar-refractivity contribution in [3.63, 3.8) is 0 Å². The maximum absolute atomic E-state index is 14.0. The maximum Gasteiger partial charge on any atom is 0.338 e. The van der Waals surface area contributed by atoms with Gasteiger partial charge in [0.25, 0.3) is 0 Å². The number of aliphatic hydroxyl groups is 1. The topological polar surface area (TPSA) is 66.8 Å². The predicted molar refractivity (Wildman–Crippen MR) is 90.2 cm³/mol. The number of nitrogens with zero attached hydrogens (tertiary/aromatic N) is 1. The second-order valence-electron chi connectivity index (χ2n) is 5.58. The maximum atomic E-state index is 14.0. The number of carbonyl (C=O) groups is 2. The fourth-order valence-electron chi connectivity index (χ4n) is 2.80. The van der Waals surface area contributed by atoms with Gasteiger partial charge >= 0.3 is 5.97 Å². The summed E-state index contributed by atoms with van der Waals surface area (Å²) in [6.45, 7) is -0.00967. The molecule has 0 saturated carbocycles. The van der Waals surface area contributed by atoms with Crippen molar-refractivity contribution in [3.05, 3.63) is 71.0 Å². The minimum atomic E-state index is -0.770. The van der Waals surface area contributed by atoms with Crippen molar-refractivity contribution in [3.8, 4) is 0 Å². The molecule has 25 heavy (non-hydrogen) atoms. The molecule has 0 unspecified atom stereocenters. The van der Waals surface area contributed by atoms with Gasteiger partial charge in [-0.25, -0.2) is 9.18 Å². The van der Waals surface area contributed by atoms with Crippen LogP contribution in [0.5, 0.6) is 0 Å². The zero-order valence-electron chi connectivity index (χ0n) is 13.5. The predicted octanol–water partition coefficient (Wildman–Crippen LogP) is 3.20. The van der Waals surface area contributed by atoms with Crippen LogP contribution in [0.2, 0.25) is 0 Å². The van der Waals surface area contributed by atoms with Crippen molar-refractivity contribution in [2.75, 3.05) is 12.0 Å². The van der Waals surface area contributed by atoms with Gasteiger partial charge in [-0.15, -0.1) is 0 Å². The largest absolute Gasteiger partial charge is 0.507 e. The Labute approximate surface area is 144 Å². The molecule has 0 saturated heterocycles. The van der Waals surface area contributed by atoms with E-state index in [4.69, 9.17) is 0 Å². The van der Waals surface area contributed by atoms with Gasteiger partial charge in [0.05, 0.1) is 31.3 Å². The average Bonchev–Trinajstić information content (AvgIpc) is 2.73. The van der Waals surface area contributed by atoms with Crippen molar-refractivity contribution < 1.29 is 23.8 Å². The van der Waals surface area contributed by atoms with Gasteiger partial charge < -0.3 is 14.7 Å². The van der Waals surface area contributed by atoms with Crippen LogP contribution in [-0.4, -0.2) is 24.1 Å². The van der Waals surface area contributed by atoms with Crippen LogP contribution >= 0.6 is 0 Å². The van der Waals surface area contributed by atoms with E-state index in [0.29, 0.717) is 16.8 Å². The van der Waals surface area contributed by atoms with Gasteiger partial charge in [-0.3, -0.25) is 4.79 Å². The van der Waals surface area contributed by atoms with Gasteiger partial charge in [0.1, 0.15) is 11.6 Å². The number of para-hydroxylation sites is 1. The molecule has 0 spiro atoms. The standard InChI is InChI=1S/C19H16FNO4/c1-25-19(24)14-10-17(22)21(11-12-6-2-4-8-15(12)20)16-9-5-3-7-13(16)18(14)23/h2-9,23H,10-11H2,1H3. The third kappa shape index (κ3) is 3.10. The quantitative estimate of drug-likeness (QED) is 0.871. The highest BCUT2D eigenvalue weighted by molar-refractivity contribution is 6.09. The van der Waals surface area contributed by atoms with Crippen LogP contribution in [0.25, 0.3) is 5.76 Å². The number of rotatable bonds is 3. The van der Waals surface area contributed by atoms with Gasteiger partial charge in [0.15, 0.2) is 0 Å². The summed E-state index contributed by atoms with van der Waals surface area (Å²) in [5, 5.41) is 10.5. The molecule has 1 aliphatic rings. The highest BCUT2D eigenvalue weighted by atomic mass is 19.1. The van der Waals surface area contributed by atoms with Crippen LogP contribution in [0.1, 0.15) is 17.5 Å². The van der Waals surface area contributed by atoms with Gasteiger partial charge in [-0.05, 0) is 18.2 Å². The summed E-state index contributed by atoms with van der Waals surface area (Å²) in [6.07, 6.45) is -0.332. The summed E-state index contributed by atoms with van der Waals surface area (Å²) in [5.41, 5.74) is 0.958. The fraction of sp³-hybridized carbons (Fsp3) is 0.158. The number of hydrogen-bond acceptors (Lipinski definition) is 4. The first-order chi connectivity index (χ1) is 12.0. The fourth-order valence-corrected chi connectivity index (χ4v) is 2.80. The average molecular weight is 341 g/mol. The lowest BCUT2D eigenvalue weighted by atomic mass is 10.1. The molecule has 1 N–H and O–H groups in total. The first-order valence-electron chi connectivity index (χ1n) is 7.66. The van der Waals surface area contributed by atoms with E-state index in [2.05, 4.69) is 4.74 Å². The van der Waals surface area contributed by atoms with E-state index >= 15 is 0 Å². The molecule has 5 nitrogen and oxygen atoms in total. The monoisotopic (exact) mass is 341 g/mol. The van der Waals surface area contributed by atoms with Crippen molar-refractivity contribution in [1.29, 1.82) is 0 Å². The SMILES string of the molecule is COC(=O)C1=C(O)c2ccccc2N(Cc2ccccc2F)C(=O)C1. The molecule has 0 atom stereocenters. The third-order valence-electron chi connectivity index (χ3n) is 4.08. The van der Waals surface area contributed by atoms with Crippen LogP contribution in [0.15, 0.2) is 54.1 Å². The number of esters is 1. The third-order valence-corrected chi connectivity index (χ3v) is 4.08. The number of halogens is 1. The van der Waals surface area contributed by atoms with E-state index < -0.39 is 17.7 Å². The summed E-state index contributed by atoms with van der Waals surface area (Å²) in [6, 6.07) is 12.8. The Kier molecular flexibility index (Phi) is 4.52. The highest BCUT2D eigenvalue weighted by Crippen LogP contribution is 2.34. The Morgan fingerprint density at radius 1 is 1.20 bits per heavy atom. The second kappa shape index (κ2) is 6.76. The van der Waals surface area contributed by atoms with Crippen molar-refractivity contribution in [1.82, 2.24) is 0 Å². The van der Waals surface area contributed by atoms with Crippen LogP contribution in [0, 0.1) is 5.82 Å². The summed E-state index contributed by atoms with van der Waals surface area (Å²) < 4.78 is 18.7. The van der Waals surface area contributed by atoms with Crippen molar-refractivity contribution >= 4 is 23.3 Å². The molecule has 0 fully saturated rings. The number of anilines is 1. The van der Waals surface area contributed by atoms with Gasteiger partial charge in [0, 0.05) is 11.1 Å². The Morgan fingerprint density at radius 3 is 2.60 bits per heavy atom. The zero-order valence-corrected chi connectivity index (χ0v) is 13.5. The number of benzene rings is 2. The molecule has 0 radical (unpaired) electrons. The van der Waals surface area contributed by atoms with E-state index in [1.165, 1.54) is 18.1 Å². The van der Waals surface area contributed by atoms with Crippen LogP contribution in [-0.2, 0) is 20.9 Å². The first kappa shape index (κ1) is 16.7. The van der Waals surface area contributed by atoms with Gasteiger partial charge in [-0.1, -0.05) is 30.3 Å². The molecule has 0 aromatic heterocycles. The number of fused-ring (bicyclic) bond motifs is 1. The van der Waals surface area contributed by atoms with Crippen molar-refractivity contribution in [2.45, 2.75) is 13.0 Å². The molecule has 0 aliphatic carbocycles. The molecule has 0 bridgehead atoms. The molecule has 6 heteroatoms. The number of carbonyl (C=O) groups excluding carboxylic acids is 2. The minimum Gasteiger partial charge on any atom is -0.507 e. The Morgan fingerprint density at radius 2 is 1.88 bits per heavy atom. The molecular formula is C19H16FNO4. The Bertz CT molecular complexity index is 875. The smallest absolute Gasteiger partial charge is 0.338 e. The Hall–Kier alpha value is -3.15. The zero-order chi connectivity index (χ0) is 18.0. The minimum absolute atomic E-state index is 0.00967. The van der Waals surface area contributed by atoms with E-state index in [1.54, 1.807) is 42.5 Å². The van der Waals surface area contributed by atoms with Crippen LogP contribution in [0.3, 0.4) is 0 Å². The number of methoxy groups -OCH3 is 1. The Balaban J connectivity index is 2.09. The van der Waals surface area contributed by atoms with Gasteiger partial charge in [0.2, 0.25) is 5.91 Å². The van der Waals surface area contributed by atoms with E-state index in [9.17, 15) is 19.1 Å². The van der Waals surface area contributed by atoms with E-state index in [-0.39, 0.29) is 24.3 Å². The normalized spacial score (nSPS) is 14.2. The summed E-state index contributed by atoms with van der Waals surface area (Å²) >= 11 is 0. The molecule has 2 aromatic carbocycles. The van der Waals surface area contributed by atoms with Gasteiger partial charge in [-0.2, -0.15) is 0 Å². The van der Waals surface area contributed by atoms with Crippen molar-refractivity contribution in [2.24, 2.45) is 0 Å². The summed E-state index contributed by atoms with van der Waals surface area (Å²) in [5.74, 6) is -1.93. The number of hydrogen-bond donors (Lipinski definition) is 1. The lowest BCUT2D eigenvalue weighted by molar-refractivity contribution is -0.137. The molecular weight excluding hydrogens is 325 g/mol. The van der Waals surface area contributed by atoms with Crippen LogP contribution < -0.4 is 4.90 Å². The molecule has 1 amide bonds.